The minimum atomic E-state index is -0.0938. The first-order chi connectivity index (χ1) is 11.6. The number of H-pyrrole nitrogens is 1. The van der Waals surface area contributed by atoms with Crippen molar-refractivity contribution in [2.24, 2.45) is 4.99 Å². The van der Waals surface area contributed by atoms with E-state index in [1.54, 1.807) is 7.11 Å². The van der Waals surface area contributed by atoms with Crippen LogP contribution >= 0.6 is 0 Å². The molecule has 24 heavy (non-hydrogen) atoms. The van der Waals surface area contributed by atoms with Gasteiger partial charge in [-0.2, -0.15) is 0 Å². The number of nitrogens with zero attached hydrogens (tertiary/aromatic N) is 2. The molecule has 1 N–H and O–H groups in total. The van der Waals surface area contributed by atoms with Crippen LogP contribution in [0.2, 0.25) is 0 Å². The zero-order valence-corrected chi connectivity index (χ0v) is 14.8. The van der Waals surface area contributed by atoms with Crippen molar-refractivity contribution in [2.45, 2.75) is 27.2 Å². The summed E-state index contributed by atoms with van der Waals surface area (Å²) in [5.41, 5.74) is 2.85. The Morgan fingerprint density at radius 2 is 2.00 bits per heavy atom. The summed E-state index contributed by atoms with van der Waals surface area (Å²) >= 11 is 0. The van der Waals surface area contributed by atoms with Crippen LogP contribution < -0.4 is 10.3 Å². The number of aryl methyl sites for hydroxylation is 1. The second kappa shape index (κ2) is 8.49. The molecule has 0 radical (unpaired) electrons. The van der Waals surface area contributed by atoms with Crippen LogP contribution in [0.1, 0.15) is 31.5 Å². The summed E-state index contributed by atoms with van der Waals surface area (Å²) in [4.78, 5) is 17.2. The van der Waals surface area contributed by atoms with E-state index in [9.17, 15) is 4.79 Å². The molecule has 0 unspecified atom stereocenters. The molecular weight excluding hydrogens is 306 g/mol. The van der Waals surface area contributed by atoms with Gasteiger partial charge in [0.2, 0.25) is 0 Å². The number of benzene rings is 1. The Morgan fingerprint density at radius 1 is 1.29 bits per heavy atom. The summed E-state index contributed by atoms with van der Waals surface area (Å²) in [6.45, 7) is 7.78. The second-order valence-corrected chi connectivity index (χ2v) is 5.47. The van der Waals surface area contributed by atoms with Gasteiger partial charge in [0.25, 0.3) is 5.56 Å². The lowest BCUT2D eigenvalue weighted by Crippen LogP contribution is -2.19. The molecule has 1 heterocycles. The number of hydrogen-bond donors (Lipinski definition) is 1. The van der Waals surface area contributed by atoms with E-state index in [0.717, 1.165) is 29.3 Å². The predicted octanol–water partition coefficient (Wildman–Crippen LogP) is 2.72. The molecule has 0 saturated heterocycles. The van der Waals surface area contributed by atoms with Gasteiger partial charge in [0, 0.05) is 31.2 Å². The van der Waals surface area contributed by atoms with Crippen LogP contribution in [0.25, 0.3) is 5.69 Å². The number of ether oxygens (including phenoxy) is 2. The number of aromatic amines is 1. The lowest BCUT2D eigenvalue weighted by atomic mass is 10.2. The van der Waals surface area contributed by atoms with Gasteiger partial charge in [-0.1, -0.05) is 0 Å². The molecule has 2 aromatic rings. The first kappa shape index (κ1) is 18.0. The SMILES string of the molecule is CCOCCCN=C(C)c1c(C)[nH]n(-c2ccc(OC)cc2)c1=O. The minimum Gasteiger partial charge on any atom is -0.497 e. The average Bonchev–Trinajstić information content (AvgIpc) is 2.89. The van der Waals surface area contributed by atoms with Crippen molar-refractivity contribution in [1.82, 2.24) is 9.78 Å². The molecule has 0 aliphatic heterocycles. The smallest absolute Gasteiger partial charge is 0.280 e. The normalized spacial score (nSPS) is 11.8. The zero-order valence-electron chi connectivity index (χ0n) is 14.8. The molecule has 0 fully saturated rings. The Balaban J connectivity index is 2.21. The average molecular weight is 331 g/mol. The lowest BCUT2D eigenvalue weighted by molar-refractivity contribution is 0.146. The van der Waals surface area contributed by atoms with E-state index in [1.807, 2.05) is 45.0 Å². The fourth-order valence-electron chi connectivity index (χ4n) is 2.52. The summed E-state index contributed by atoms with van der Waals surface area (Å²) in [5, 5.41) is 3.12. The fraction of sp³-hybridized carbons (Fsp3) is 0.444. The molecule has 6 heteroatoms. The van der Waals surface area contributed by atoms with E-state index in [4.69, 9.17) is 9.47 Å². The zero-order chi connectivity index (χ0) is 17.5. The highest BCUT2D eigenvalue weighted by molar-refractivity contribution is 5.99. The summed E-state index contributed by atoms with van der Waals surface area (Å²) in [7, 11) is 1.61. The second-order valence-electron chi connectivity index (χ2n) is 5.47. The number of rotatable bonds is 8. The third-order valence-electron chi connectivity index (χ3n) is 3.76. The predicted molar refractivity (Wildman–Crippen MR) is 95.9 cm³/mol. The van der Waals surface area contributed by atoms with Gasteiger partial charge in [0.1, 0.15) is 5.75 Å². The Kier molecular flexibility index (Phi) is 6.37. The summed E-state index contributed by atoms with van der Waals surface area (Å²) in [5.74, 6) is 0.752. The highest BCUT2D eigenvalue weighted by Gasteiger charge is 2.14. The summed E-state index contributed by atoms with van der Waals surface area (Å²) in [6, 6.07) is 7.33. The van der Waals surface area contributed by atoms with Crippen LogP contribution in [-0.2, 0) is 4.74 Å². The van der Waals surface area contributed by atoms with Gasteiger partial charge in [0.15, 0.2) is 0 Å². The van der Waals surface area contributed by atoms with Crippen molar-refractivity contribution < 1.29 is 9.47 Å². The Labute approximate surface area is 142 Å². The van der Waals surface area contributed by atoms with Crippen LogP contribution in [0.5, 0.6) is 5.75 Å². The molecule has 1 aromatic heterocycles. The first-order valence-corrected chi connectivity index (χ1v) is 8.13. The molecule has 2 rings (SSSR count). The molecule has 1 aromatic carbocycles. The number of aliphatic imine (C=N–C) groups is 1. The van der Waals surface area contributed by atoms with Crippen LogP contribution in [0, 0.1) is 6.92 Å². The molecule has 0 aliphatic rings. The van der Waals surface area contributed by atoms with Gasteiger partial charge < -0.3 is 9.47 Å². The maximum Gasteiger partial charge on any atom is 0.280 e. The van der Waals surface area contributed by atoms with Gasteiger partial charge in [-0.05, 0) is 51.5 Å². The molecule has 6 nitrogen and oxygen atoms in total. The Morgan fingerprint density at radius 3 is 2.62 bits per heavy atom. The number of methoxy groups -OCH3 is 1. The highest BCUT2D eigenvalue weighted by Crippen LogP contribution is 2.14. The minimum absolute atomic E-state index is 0.0938. The van der Waals surface area contributed by atoms with Crippen LogP contribution in [-0.4, -0.2) is 42.4 Å². The molecule has 130 valence electrons. The van der Waals surface area contributed by atoms with Crippen molar-refractivity contribution >= 4 is 5.71 Å². The van der Waals surface area contributed by atoms with Crippen molar-refractivity contribution in [1.29, 1.82) is 0 Å². The molecule has 0 bridgehead atoms. The van der Waals surface area contributed by atoms with Crippen LogP contribution in [0.3, 0.4) is 0 Å². The quantitative estimate of drug-likeness (QED) is 0.597. The third-order valence-corrected chi connectivity index (χ3v) is 3.76. The van der Waals surface area contributed by atoms with Gasteiger partial charge in [-0.15, -0.1) is 0 Å². The Hall–Kier alpha value is -2.34. The van der Waals surface area contributed by atoms with E-state index in [2.05, 4.69) is 10.1 Å². The standard InChI is InChI=1S/C18H25N3O3/c1-5-24-12-6-11-19-13(2)17-14(3)20-21(18(17)22)15-7-9-16(23-4)10-8-15/h7-10,20H,5-6,11-12H2,1-4H3. The largest absolute Gasteiger partial charge is 0.497 e. The number of hydrogen-bond acceptors (Lipinski definition) is 4. The fourth-order valence-corrected chi connectivity index (χ4v) is 2.52. The molecule has 0 saturated carbocycles. The maximum absolute atomic E-state index is 12.7. The van der Waals surface area contributed by atoms with Crippen molar-refractivity contribution in [3.63, 3.8) is 0 Å². The summed E-state index contributed by atoms with van der Waals surface area (Å²) < 4.78 is 12.0. The molecular formula is C18H25N3O3. The number of aromatic nitrogens is 2. The van der Waals surface area contributed by atoms with Crippen molar-refractivity contribution in [2.75, 3.05) is 26.9 Å². The topological polar surface area (TPSA) is 68.6 Å². The summed E-state index contributed by atoms with van der Waals surface area (Å²) in [6.07, 6.45) is 0.849. The van der Waals surface area contributed by atoms with E-state index < -0.39 is 0 Å². The van der Waals surface area contributed by atoms with E-state index in [0.29, 0.717) is 25.3 Å². The highest BCUT2D eigenvalue weighted by atomic mass is 16.5. The lowest BCUT2D eigenvalue weighted by Gasteiger charge is -2.03. The van der Waals surface area contributed by atoms with Crippen LogP contribution in [0.15, 0.2) is 34.1 Å². The van der Waals surface area contributed by atoms with E-state index in [1.165, 1.54) is 4.68 Å². The van der Waals surface area contributed by atoms with Gasteiger partial charge in [0.05, 0.1) is 18.4 Å². The molecule has 0 spiro atoms. The van der Waals surface area contributed by atoms with Crippen molar-refractivity contribution in [3.05, 3.63) is 45.9 Å². The molecule has 0 atom stereocenters. The maximum atomic E-state index is 12.7. The Bertz CT molecular complexity index is 742. The van der Waals surface area contributed by atoms with Crippen molar-refractivity contribution in [3.8, 4) is 11.4 Å². The monoisotopic (exact) mass is 331 g/mol. The van der Waals surface area contributed by atoms with E-state index >= 15 is 0 Å². The number of nitrogens with one attached hydrogen (secondary N) is 1. The molecule has 0 amide bonds. The van der Waals surface area contributed by atoms with E-state index in [-0.39, 0.29) is 5.56 Å². The van der Waals surface area contributed by atoms with Gasteiger partial charge >= 0.3 is 0 Å². The molecule has 0 aliphatic carbocycles. The first-order valence-electron chi connectivity index (χ1n) is 8.13. The third kappa shape index (κ3) is 4.14. The van der Waals surface area contributed by atoms with Gasteiger partial charge in [-0.25, -0.2) is 4.68 Å². The van der Waals surface area contributed by atoms with Gasteiger partial charge in [-0.3, -0.25) is 14.9 Å². The van der Waals surface area contributed by atoms with Crippen LogP contribution in [0.4, 0.5) is 0 Å².